The summed E-state index contributed by atoms with van der Waals surface area (Å²) in [7, 11) is 0. The van der Waals surface area contributed by atoms with Crippen molar-refractivity contribution in [2.24, 2.45) is 0 Å². The summed E-state index contributed by atoms with van der Waals surface area (Å²) in [4.78, 5) is 25.0. The van der Waals surface area contributed by atoms with Gasteiger partial charge in [-0.05, 0) is 19.9 Å². The first-order valence-corrected chi connectivity index (χ1v) is 7.72. The van der Waals surface area contributed by atoms with E-state index in [9.17, 15) is 4.79 Å². The Bertz CT molecular complexity index is 677. The van der Waals surface area contributed by atoms with Crippen LogP contribution < -0.4 is 9.64 Å². The zero-order valence-electron chi connectivity index (χ0n) is 13.4. The van der Waals surface area contributed by atoms with Crippen LogP contribution in [0, 0.1) is 6.92 Å². The molecule has 1 aliphatic heterocycles. The first-order chi connectivity index (χ1) is 11.2. The third-order valence-corrected chi connectivity index (χ3v) is 3.74. The van der Waals surface area contributed by atoms with Crippen LogP contribution in [-0.4, -0.2) is 53.6 Å². The van der Waals surface area contributed by atoms with Gasteiger partial charge in [0.2, 0.25) is 11.8 Å². The number of ether oxygens (including phenoxy) is 1. The lowest BCUT2D eigenvalue weighted by atomic mass is 10.2. The monoisotopic (exact) mass is 316 g/mol. The van der Waals surface area contributed by atoms with Crippen molar-refractivity contribution in [1.29, 1.82) is 0 Å². The topological polar surface area (TPSA) is 71.7 Å². The van der Waals surface area contributed by atoms with Gasteiger partial charge in [-0.3, -0.25) is 4.79 Å². The molecule has 0 atom stereocenters. The van der Waals surface area contributed by atoms with Crippen LogP contribution in [0.2, 0.25) is 0 Å². The van der Waals surface area contributed by atoms with Crippen LogP contribution in [-0.2, 0) is 0 Å². The number of aromatic nitrogens is 2. The van der Waals surface area contributed by atoms with E-state index >= 15 is 0 Å². The zero-order valence-corrected chi connectivity index (χ0v) is 13.4. The van der Waals surface area contributed by atoms with E-state index in [1.807, 2.05) is 18.7 Å². The van der Waals surface area contributed by atoms with Crippen LogP contribution >= 0.6 is 0 Å². The Morgan fingerprint density at radius 3 is 2.78 bits per heavy atom. The number of carbonyl (C=O) groups excluding carboxylic acids is 1. The van der Waals surface area contributed by atoms with Gasteiger partial charge in [-0.15, -0.1) is 0 Å². The van der Waals surface area contributed by atoms with Crippen LogP contribution in [0.25, 0.3) is 0 Å². The second kappa shape index (κ2) is 6.68. The Balaban J connectivity index is 1.62. The molecule has 0 saturated carbocycles. The number of hydrogen-bond acceptors (Lipinski definition) is 6. The van der Waals surface area contributed by atoms with E-state index in [1.165, 1.54) is 6.26 Å². The number of amides is 1. The molecule has 1 fully saturated rings. The summed E-state index contributed by atoms with van der Waals surface area (Å²) in [5.41, 5.74) is 0.602. The molecule has 23 heavy (non-hydrogen) atoms. The minimum atomic E-state index is 0.00508. The maximum Gasteiger partial charge on any atom is 0.257 e. The molecule has 1 aliphatic rings. The van der Waals surface area contributed by atoms with Gasteiger partial charge in [0.05, 0.1) is 12.2 Å². The summed E-state index contributed by atoms with van der Waals surface area (Å²) in [6, 6.07) is 3.51. The smallest absolute Gasteiger partial charge is 0.257 e. The van der Waals surface area contributed by atoms with E-state index in [1.54, 1.807) is 18.3 Å². The Hall–Kier alpha value is -2.57. The molecule has 0 aliphatic carbocycles. The van der Waals surface area contributed by atoms with E-state index in [0.29, 0.717) is 50.2 Å². The highest BCUT2D eigenvalue weighted by atomic mass is 16.5. The number of furan rings is 1. The molecule has 1 saturated heterocycles. The Labute approximate surface area is 134 Å². The molecule has 7 nitrogen and oxygen atoms in total. The lowest BCUT2D eigenvalue weighted by Gasteiger charge is -2.34. The van der Waals surface area contributed by atoms with Crippen molar-refractivity contribution in [1.82, 2.24) is 14.9 Å². The van der Waals surface area contributed by atoms with Crippen LogP contribution in [0.4, 0.5) is 5.95 Å². The standard InChI is InChI=1S/C16H20N4O3/c1-3-22-14-4-5-17-16(18-14)20-8-6-19(7-9-20)15(21)13-10-12(2)23-11-13/h4-5,10-11H,3,6-9H2,1-2H3. The third-order valence-electron chi connectivity index (χ3n) is 3.74. The van der Waals surface area contributed by atoms with Gasteiger partial charge < -0.3 is 19.0 Å². The van der Waals surface area contributed by atoms with Crippen molar-refractivity contribution in [3.63, 3.8) is 0 Å². The number of piperazine rings is 1. The molecule has 2 aromatic heterocycles. The Morgan fingerprint density at radius 2 is 2.13 bits per heavy atom. The van der Waals surface area contributed by atoms with Crippen molar-refractivity contribution in [3.05, 3.63) is 35.9 Å². The van der Waals surface area contributed by atoms with E-state index in [0.717, 1.165) is 5.76 Å². The van der Waals surface area contributed by atoms with E-state index < -0.39 is 0 Å². The second-order valence-corrected chi connectivity index (χ2v) is 5.35. The van der Waals surface area contributed by atoms with Crippen molar-refractivity contribution in [2.45, 2.75) is 13.8 Å². The van der Waals surface area contributed by atoms with E-state index in [2.05, 4.69) is 14.9 Å². The van der Waals surface area contributed by atoms with Crippen molar-refractivity contribution < 1.29 is 13.9 Å². The predicted molar refractivity (Wildman–Crippen MR) is 84.8 cm³/mol. The van der Waals surface area contributed by atoms with Gasteiger partial charge in [0.1, 0.15) is 12.0 Å². The van der Waals surface area contributed by atoms with Crippen LogP contribution in [0.5, 0.6) is 5.88 Å². The molecular weight excluding hydrogens is 296 g/mol. The van der Waals surface area contributed by atoms with Crippen LogP contribution in [0.3, 0.4) is 0 Å². The first-order valence-electron chi connectivity index (χ1n) is 7.72. The van der Waals surface area contributed by atoms with Crippen molar-refractivity contribution in [2.75, 3.05) is 37.7 Å². The zero-order chi connectivity index (χ0) is 16.2. The maximum absolute atomic E-state index is 12.4. The minimum Gasteiger partial charge on any atom is -0.478 e. The fraction of sp³-hybridized carbons (Fsp3) is 0.438. The highest BCUT2D eigenvalue weighted by molar-refractivity contribution is 5.94. The van der Waals surface area contributed by atoms with Gasteiger partial charge in [0.15, 0.2) is 0 Å². The Kier molecular flexibility index (Phi) is 4.45. The molecule has 3 rings (SSSR count). The lowest BCUT2D eigenvalue weighted by molar-refractivity contribution is 0.0745. The van der Waals surface area contributed by atoms with Crippen molar-refractivity contribution >= 4 is 11.9 Å². The Morgan fingerprint density at radius 1 is 1.35 bits per heavy atom. The summed E-state index contributed by atoms with van der Waals surface area (Å²) < 4.78 is 10.6. The molecule has 122 valence electrons. The van der Waals surface area contributed by atoms with Crippen molar-refractivity contribution in [3.8, 4) is 5.88 Å². The average molecular weight is 316 g/mol. The molecule has 2 aromatic rings. The van der Waals surface area contributed by atoms with Gasteiger partial charge in [0.25, 0.3) is 5.91 Å². The summed E-state index contributed by atoms with van der Waals surface area (Å²) in [6.45, 7) is 6.97. The molecular formula is C16H20N4O3. The molecule has 0 unspecified atom stereocenters. The molecule has 0 N–H and O–H groups in total. The van der Waals surface area contributed by atoms with Gasteiger partial charge >= 0.3 is 0 Å². The van der Waals surface area contributed by atoms with E-state index in [4.69, 9.17) is 9.15 Å². The van der Waals surface area contributed by atoms with Gasteiger partial charge in [-0.2, -0.15) is 4.98 Å². The number of anilines is 1. The number of hydrogen-bond donors (Lipinski definition) is 0. The summed E-state index contributed by atoms with van der Waals surface area (Å²) in [5, 5.41) is 0. The molecule has 0 bridgehead atoms. The van der Waals surface area contributed by atoms with Gasteiger partial charge in [0, 0.05) is 38.4 Å². The maximum atomic E-state index is 12.4. The normalized spacial score (nSPS) is 14.9. The fourth-order valence-corrected chi connectivity index (χ4v) is 2.56. The number of aryl methyl sites for hydroxylation is 1. The highest BCUT2D eigenvalue weighted by Crippen LogP contribution is 2.16. The number of rotatable bonds is 4. The quantitative estimate of drug-likeness (QED) is 0.855. The van der Waals surface area contributed by atoms with Crippen LogP contribution in [0.1, 0.15) is 23.0 Å². The first kappa shape index (κ1) is 15.3. The lowest BCUT2D eigenvalue weighted by Crippen LogP contribution is -2.49. The minimum absolute atomic E-state index is 0.00508. The molecule has 3 heterocycles. The average Bonchev–Trinajstić information content (AvgIpc) is 3.01. The summed E-state index contributed by atoms with van der Waals surface area (Å²) >= 11 is 0. The highest BCUT2D eigenvalue weighted by Gasteiger charge is 2.24. The predicted octanol–water partition coefficient (Wildman–Crippen LogP) is 1.74. The SMILES string of the molecule is CCOc1ccnc(N2CCN(C(=O)c3coc(C)c3)CC2)n1. The molecule has 0 radical (unpaired) electrons. The van der Waals surface area contributed by atoms with Gasteiger partial charge in [-0.25, -0.2) is 4.98 Å². The third kappa shape index (κ3) is 3.44. The summed E-state index contributed by atoms with van der Waals surface area (Å²) in [6.07, 6.45) is 3.21. The fourth-order valence-electron chi connectivity index (χ4n) is 2.56. The number of carbonyl (C=O) groups is 1. The number of nitrogens with zero attached hydrogens (tertiary/aromatic N) is 4. The molecule has 1 amide bonds. The van der Waals surface area contributed by atoms with E-state index in [-0.39, 0.29) is 5.91 Å². The largest absolute Gasteiger partial charge is 0.478 e. The molecule has 0 aromatic carbocycles. The van der Waals surface area contributed by atoms with Crippen LogP contribution in [0.15, 0.2) is 29.0 Å². The summed E-state index contributed by atoms with van der Waals surface area (Å²) in [5.74, 6) is 1.96. The molecule has 7 heteroatoms. The molecule has 0 spiro atoms. The van der Waals surface area contributed by atoms with Gasteiger partial charge in [-0.1, -0.05) is 0 Å². The second-order valence-electron chi connectivity index (χ2n) is 5.35.